The van der Waals surface area contributed by atoms with Crippen LogP contribution in [0.1, 0.15) is 6.92 Å². The number of aromatic nitrogens is 1. The lowest BCUT2D eigenvalue weighted by Gasteiger charge is -2.35. The van der Waals surface area contributed by atoms with Crippen molar-refractivity contribution in [2.24, 2.45) is 0 Å². The fourth-order valence-corrected chi connectivity index (χ4v) is 3.03. The van der Waals surface area contributed by atoms with Crippen LogP contribution in [-0.4, -0.2) is 54.0 Å². The molecule has 1 saturated heterocycles. The molecule has 0 radical (unpaired) electrons. The monoisotopic (exact) mass is 387 g/mol. The molecule has 1 aromatic carbocycles. The van der Waals surface area contributed by atoms with Gasteiger partial charge in [0, 0.05) is 43.1 Å². The summed E-state index contributed by atoms with van der Waals surface area (Å²) in [5.41, 5.74) is 0.595. The Morgan fingerprint density at radius 1 is 1.11 bits per heavy atom. The lowest BCUT2D eigenvalue weighted by Crippen LogP contribution is -2.54. The first-order valence-electron chi connectivity index (χ1n) is 8.81. The summed E-state index contributed by atoms with van der Waals surface area (Å²) in [6.45, 7) is 4.21. The van der Waals surface area contributed by atoms with E-state index in [0.29, 0.717) is 36.9 Å². The van der Waals surface area contributed by atoms with Crippen LogP contribution < -0.4 is 15.5 Å². The molecule has 1 fully saturated rings. The van der Waals surface area contributed by atoms with Crippen LogP contribution in [-0.2, 0) is 4.79 Å². The van der Waals surface area contributed by atoms with E-state index in [-0.39, 0.29) is 11.9 Å². The summed E-state index contributed by atoms with van der Waals surface area (Å²) in [5, 5.41) is 6.03. The van der Waals surface area contributed by atoms with Gasteiger partial charge in [0.05, 0.1) is 0 Å². The van der Waals surface area contributed by atoms with Crippen LogP contribution in [0.5, 0.6) is 0 Å². The van der Waals surface area contributed by atoms with E-state index in [1.54, 1.807) is 42.3 Å². The fourth-order valence-electron chi connectivity index (χ4n) is 2.84. The number of carbonyl (C=O) groups excluding carboxylic acids is 2. The Morgan fingerprint density at radius 2 is 1.89 bits per heavy atom. The molecule has 2 N–H and O–H groups in total. The molecule has 2 heterocycles. The molecule has 1 aliphatic rings. The third kappa shape index (κ3) is 5.10. The second-order valence-corrected chi connectivity index (χ2v) is 6.77. The molecule has 8 heteroatoms. The molecule has 3 rings (SSSR count). The van der Waals surface area contributed by atoms with Gasteiger partial charge in [0.25, 0.3) is 0 Å². The number of nitrogens with zero attached hydrogens (tertiary/aromatic N) is 3. The summed E-state index contributed by atoms with van der Waals surface area (Å²) in [5.74, 6) is 0.615. The van der Waals surface area contributed by atoms with Gasteiger partial charge in [-0.05, 0) is 37.3 Å². The molecule has 0 saturated carbocycles. The summed E-state index contributed by atoms with van der Waals surface area (Å²) in [6, 6.07) is 11.8. The van der Waals surface area contributed by atoms with Crippen molar-refractivity contribution in [2.45, 2.75) is 13.0 Å². The topological polar surface area (TPSA) is 77.6 Å². The van der Waals surface area contributed by atoms with Crippen molar-refractivity contribution in [1.29, 1.82) is 0 Å². The van der Waals surface area contributed by atoms with Crippen LogP contribution >= 0.6 is 11.6 Å². The largest absolute Gasteiger partial charge is 0.353 e. The van der Waals surface area contributed by atoms with Crippen LogP contribution in [0, 0.1) is 0 Å². The van der Waals surface area contributed by atoms with Crippen molar-refractivity contribution in [1.82, 2.24) is 15.2 Å². The van der Waals surface area contributed by atoms with Crippen molar-refractivity contribution in [3.63, 3.8) is 0 Å². The van der Waals surface area contributed by atoms with Crippen molar-refractivity contribution < 1.29 is 9.59 Å². The quantitative estimate of drug-likeness (QED) is 0.845. The predicted molar refractivity (Wildman–Crippen MR) is 106 cm³/mol. The van der Waals surface area contributed by atoms with E-state index in [2.05, 4.69) is 20.5 Å². The second kappa shape index (κ2) is 8.73. The number of carbonyl (C=O) groups is 2. The molecule has 0 bridgehead atoms. The molecule has 3 amide bonds. The average Bonchev–Trinajstić information content (AvgIpc) is 2.68. The zero-order chi connectivity index (χ0) is 19.2. The number of pyridine rings is 1. The molecular formula is C19H22ClN5O2. The number of urea groups is 1. The first kappa shape index (κ1) is 19.0. The Labute approximate surface area is 163 Å². The van der Waals surface area contributed by atoms with Gasteiger partial charge in [0.2, 0.25) is 5.91 Å². The van der Waals surface area contributed by atoms with Crippen molar-refractivity contribution in [3.8, 4) is 0 Å². The molecule has 0 aliphatic carbocycles. The van der Waals surface area contributed by atoms with Gasteiger partial charge in [0.1, 0.15) is 11.9 Å². The number of amides is 3. The number of anilines is 2. The molecule has 1 aromatic heterocycles. The third-order valence-corrected chi connectivity index (χ3v) is 4.60. The number of rotatable bonds is 4. The Balaban J connectivity index is 1.48. The third-order valence-electron chi connectivity index (χ3n) is 4.37. The first-order valence-corrected chi connectivity index (χ1v) is 9.18. The Kier molecular flexibility index (Phi) is 6.13. The highest BCUT2D eigenvalue weighted by Crippen LogP contribution is 2.15. The zero-order valence-electron chi connectivity index (χ0n) is 15.1. The highest BCUT2D eigenvalue weighted by Gasteiger charge is 2.24. The lowest BCUT2D eigenvalue weighted by atomic mass is 10.2. The molecule has 142 valence electrons. The summed E-state index contributed by atoms with van der Waals surface area (Å²) < 4.78 is 0. The maximum absolute atomic E-state index is 12.4. The molecule has 1 atom stereocenters. The SMILES string of the molecule is CC(NC(=O)N1CCN(c2ccccn2)CC1)C(=O)Nc1cccc(Cl)c1. The standard InChI is InChI=1S/C19H22ClN5O2/c1-14(18(26)23-16-6-4-5-15(20)13-16)22-19(27)25-11-9-24(10-12-25)17-7-2-3-8-21-17/h2-8,13-14H,9-12H2,1H3,(H,22,27)(H,23,26). The van der Waals surface area contributed by atoms with Gasteiger partial charge in [-0.3, -0.25) is 4.79 Å². The minimum atomic E-state index is -0.662. The smallest absolute Gasteiger partial charge is 0.318 e. The second-order valence-electron chi connectivity index (χ2n) is 6.33. The average molecular weight is 388 g/mol. The first-order chi connectivity index (χ1) is 13.0. The Hall–Kier alpha value is -2.80. The Morgan fingerprint density at radius 3 is 2.56 bits per heavy atom. The van der Waals surface area contributed by atoms with Crippen molar-refractivity contribution in [3.05, 3.63) is 53.7 Å². The van der Waals surface area contributed by atoms with Gasteiger partial charge in [-0.15, -0.1) is 0 Å². The summed E-state index contributed by atoms with van der Waals surface area (Å²) >= 11 is 5.91. The Bertz CT molecular complexity index is 794. The highest BCUT2D eigenvalue weighted by atomic mass is 35.5. The van der Waals surface area contributed by atoms with E-state index in [1.807, 2.05) is 18.2 Å². The summed E-state index contributed by atoms with van der Waals surface area (Å²) in [6.07, 6.45) is 1.76. The van der Waals surface area contributed by atoms with E-state index in [0.717, 1.165) is 5.82 Å². The van der Waals surface area contributed by atoms with Gasteiger partial charge < -0.3 is 20.4 Å². The molecule has 1 unspecified atom stereocenters. The maximum atomic E-state index is 12.4. The normalized spacial score (nSPS) is 15.2. The number of hydrogen-bond acceptors (Lipinski definition) is 4. The van der Waals surface area contributed by atoms with E-state index < -0.39 is 6.04 Å². The fraction of sp³-hybridized carbons (Fsp3) is 0.316. The highest BCUT2D eigenvalue weighted by molar-refractivity contribution is 6.30. The zero-order valence-corrected chi connectivity index (χ0v) is 15.8. The van der Waals surface area contributed by atoms with Gasteiger partial charge in [-0.25, -0.2) is 9.78 Å². The van der Waals surface area contributed by atoms with E-state index in [9.17, 15) is 9.59 Å². The van der Waals surface area contributed by atoms with Crippen LogP contribution in [0.3, 0.4) is 0 Å². The lowest BCUT2D eigenvalue weighted by molar-refractivity contribution is -0.117. The van der Waals surface area contributed by atoms with Gasteiger partial charge in [0.15, 0.2) is 0 Å². The van der Waals surface area contributed by atoms with Crippen LogP contribution in [0.25, 0.3) is 0 Å². The van der Waals surface area contributed by atoms with Gasteiger partial charge >= 0.3 is 6.03 Å². The van der Waals surface area contributed by atoms with Crippen molar-refractivity contribution >= 4 is 35.0 Å². The molecule has 2 aromatic rings. The number of halogens is 1. The number of nitrogens with one attached hydrogen (secondary N) is 2. The van der Waals surface area contributed by atoms with Crippen molar-refractivity contribution in [2.75, 3.05) is 36.4 Å². The minimum absolute atomic E-state index is 0.246. The van der Waals surface area contributed by atoms with Gasteiger partial charge in [-0.1, -0.05) is 23.7 Å². The number of hydrogen-bond donors (Lipinski definition) is 2. The van der Waals surface area contributed by atoms with Crippen LogP contribution in [0.4, 0.5) is 16.3 Å². The molecule has 1 aliphatic heterocycles. The molecule has 0 spiro atoms. The number of piperazine rings is 1. The van der Waals surface area contributed by atoms with E-state index in [4.69, 9.17) is 11.6 Å². The van der Waals surface area contributed by atoms with Gasteiger partial charge in [-0.2, -0.15) is 0 Å². The summed E-state index contributed by atoms with van der Waals surface area (Å²) in [7, 11) is 0. The molecule has 7 nitrogen and oxygen atoms in total. The maximum Gasteiger partial charge on any atom is 0.318 e. The molecule has 27 heavy (non-hydrogen) atoms. The minimum Gasteiger partial charge on any atom is -0.353 e. The van der Waals surface area contributed by atoms with Crippen LogP contribution in [0.15, 0.2) is 48.7 Å². The number of benzene rings is 1. The summed E-state index contributed by atoms with van der Waals surface area (Å²) in [4.78, 5) is 32.9. The molecular weight excluding hydrogens is 366 g/mol. The van der Waals surface area contributed by atoms with E-state index >= 15 is 0 Å². The predicted octanol–water partition coefficient (Wildman–Crippen LogP) is 2.59. The van der Waals surface area contributed by atoms with Crippen LogP contribution in [0.2, 0.25) is 5.02 Å². The van der Waals surface area contributed by atoms with E-state index in [1.165, 1.54) is 0 Å².